The van der Waals surface area contributed by atoms with Crippen LogP contribution in [0.1, 0.15) is 11.1 Å². The number of Topliss-reactive ketones (excluding diaryl/α,β-unsaturated/α-hetero) is 1. The molecule has 0 saturated carbocycles. The highest BCUT2D eigenvalue weighted by Gasteiger charge is 2.29. The van der Waals surface area contributed by atoms with E-state index >= 15 is 0 Å². The number of rotatable bonds is 3. The van der Waals surface area contributed by atoms with Gasteiger partial charge in [-0.1, -0.05) is 15.9 Å². The molecule has 1 unspecified atom stereocenters. The molecule has 0 radical (unpaired) electrons. The van der Waals surface area contributed by atoms with Crippen LogP contribution in [0, 0.1) is 0 Å². The molecule has 4 nitrogen and oxygen atoms in total. The van der Waals surface area contributed by atoms with Crippen LogP contribution in [-0.2, 0) is 17.6 Å². The van der Waals surface area contributed by atoms with Gasteiger partial charge in [-0.25, -0.2) is 0 Å². The first-order valence-corrected chi connectivity index (χ1v) is 8.19. The van der Waals surface area contributed by atoms with Crippen LogP contribution in [-0.4, -0.2) is 62.0 Å². The van der Waals surface area contributed by atoms with Gasteiger partial charge in [-0.2, -0.15) is 0 Å². The number of hydrogen-bond acceptors (Lipinski definition) is 4. The number of piperazine rings is 1. The summed E-state index contributed by atoms with van der Waals surface area (Å²) in [6.07, 6.45) is 1.38. The number of carbonyl (C=O) groups is 1. The summed E-state index contributed by atoms with van der Waals surface area (Å²) < 4.78 is 6.75. The van der Waals surface area contributed by atoms with Gasteiger partial charge in [0.25, 0.3) is 0 Å². The van der Waals surface area contributed by atoms with Crippen molar-refractivity contribution < 1.29 is 9.53 Å². The lowest BCUT2D eigenvalue weighted by Gasteiger charge is -2.36. The van der Waals surface area contributed by atoms with E-state index in [1.807, 2.05) is 13.1 Å². The number of hydrogen-bond donors (Lipinski definition) is 0. The van der Waals surface area contributed by atoms with Crippen LogP contribution in [0.3, 0.4) is 0 Å². The lowest BCUT2D eigenvalue weighted by atomic mass is 9.98. The Bertz CT molecular complexity index is 561. The van der Waals surface area contributed by atoms with E-state index in [4.69, 9.17) is 4.74 Å². The number of likely N-dealkylation sites (N-methyl/N-ethyl adjacent to an activating group) is 2. The molecular weight excluding hydrogens is 332 g/mol. The van der Waals surface area contributed by atoms with Gasteiger partial charge in [-0.15, -0.1) is 0 Å². The normalized spacial score (nSPS) is 22.9. The van der Waals surface area contributed by atoms with E-state index in [1.165, 1.54) is 5.56 Å². The first-order chi connectivity index (χ1) is 10.0. The molecule has 114 valence electrons. The zero-order chi connectivity index (χ0) is 15.0. The molecule has 0 aromatic heterocycles. The van der Waals surface area contributed by atoms with E-state index in [0.29, 0.717) is 6.42 Å². The van der Waals surface area contributed by atoms with Gasteiger partial charge >= 0.3 is 0 Å². The highest BCUT2D eigenvalue weighted by molar-refractivity contribution is 9.10. The van der Waals surface area contributed by atoms with Crippen LogP contribution in [0.4, 0.5) is 0 Å². The molecule has 0 aliphatic carbocycles. The summed E-state index contributed by atoms with van der Waals surface area (Å²) in [5.41, 5.74) is 2.23. The highest BCUT2D eigenvalue weighted by Crippen LogP contribution is 2.33. The van der Waals surface area contributed by atoms with Gasteiger partial charge in [-0.3, -0.25) is 9.69 Å². The number of halogens is 1. The first kappa shape index (κ1) is 15.0. The van der Waals surface area contributed by atoms with E-state index in [9.17, 15) is 4.79 Å². The van der Waals surface area contributed by atoms with Crippen molar-refractivity contribution in [1.82, 2.24) is 9.80 Å². The van der Waals surface area contributed by atoms with Crippen LogP contribution in [0.15, 0.2) is 16.6 Å². The van der Waals surface area contributed by atoms with Gasteiger partial charge in [0.1, 0.15) is 5.75 Å². The van der Waals surface area contributed by atoms with Gasteiger partial charge in [0, 0.05) is 42.5 Å². The highest BCUT2D eigenvalue weighted by atomic mass is 79.9. The average Bonchev–Trinajstić information content (AvgIpc) is 2.89. The Morgan fingerprint density at radius 1 is 1.38 bits per heavy atom. The third-order valence-electron chi connectivity index (χ3n) is 4.41. The number of benzene rings is 1. The molecule has 21 heavy (non-hydrogen) atoms. The molecule has 1 aromatic carbocycles. The Morgan fingerprint density at radius 2 is 2.19 bits per heavy atom. The monoisotopic (exact) mass is 352 g/mol. The Hall–Kier alpha value is -0.910. The summed E-state index contributed by atoms with van der Waals surface area (Å²) in [5.74, 6) is 1.21. The lowest BCUT2D eigenvalue weighted by molar-refractivity contribution is -0.125. The van der Waals surface area contributed by atoms with Gasteiger partial charge in [0.05, 0.1) is 12.6 Å². The molecule has 1 atom stereocenters. The van der Waals surface area contributed by atoms with E-state index in [-0.39, 0.29) is 11.8 Å². The third-order valence-corrected chi connectivity index (χ3v) is 4.87. The van der Waals surface area contributed by atoms with Crippen molar-refractivity contribution in [3.8, 4) is 5.75 Å². The molecule has 0 amide bonds. The number of ketones is 1. The maximum absolute atomic E-state index is 12.7. The largest absolute Gasteiger partial charge is 0.493 e. The molecule has 1 fully saturated rings. The fourth-order valence-electron chi connectivity index (χ4n) is 3.14. The maximum atomic E-state index is 12.7. The summed E-state index contributed by atoms with van der Waals surface area (Å²) in [7, 11) is 4.12. The fraction of sp³-hybridized carbons (Fsp3) is 0.562. The van der Waals surface area contributed by atoms with Crippen LogP contribution in [0.25, 0.3) is 0 Å². The summed E-state index contributed by atoms with van der Waals surface area (Å²) in [6, 6.07) is 4.10. The van der Waals surface area contributed by atoms with Crippen molar-refractivity contribution in [3.63, 3.8) is 0 Å². The fourth-order valence-corrected chi connectivity index (χ4v) is 3.69. The minimum absolute atomic E-state index is 0.0141. The predicted octanol–water partition coefficient (Wildman–Crippen LogP) is 1.74. The van der Waals surface area contributed by atoms with Crippen molar-refractivity contribution in [2.75, 3.05) is 40.3 Å². The first-order valence-electron chi connectivity index (χ1n) is 7.40. The van der Waals surface area contributed by atoms with Crippen molar-refractivity contribution in [2.45, 2.75) is 18.9 Å². The summed E-state index contributed by atoms with van der Waals surface area (Å²) in [6.45, 7) is 3.50. The van der Waals surface area contributed by atoms with Crippen LogP contribution in [0.2, 0.25) is 0 Å². The molecule has 3 rings (SSSR count). The molecule has 0 N–H and O–H groups in total. The molecule has 5 heteroatoms. The smallest absolute Gasteiger partial charge is 0.155 e. The SMILES string of the molecule is CN1CCN(C)C(C(=O)Cc2cc(Br)cc3c2OCC3)C1. The summed E-state index contributed by atoms with van der Waals surface area (Å²) in [5, 5.41) is 0. The molecule has 2 aliphatic heterocycles. The van der Waals surface area contributed by atoms with E-state index < -0.39 is 0 Å². The number of fused-ring (bicyclic) bond motifs is 1. The number of ether oxygens (including phenoxy) is 1. The molecule has 0 bridgehead atoms. The second kappa shape index (κ2) is 6.07. The lowest BCUT2D eigenvalue weighted by Crippen LogP contribution is -2.53. The van der Waals surface area contributed by atoms with E-state index in [1.54, 1.807) is 0 Å². The molecule has 2 aliphatic rings. The minimum atomic E-state index is -0.0141. The van der Waals surface area contributed by atoms with Gasteiger partial charge in [0.2, 0.25) is 0 Å². The van der Waals surface area contributed by atoms with Crippen molar-refractivity contribution in [3.05, 3.63) is 27.7 Å². The molecule has 1 saturated heterocycles. The zero-order valence-electron chi connectivity index (χ0n) is 12.6. The van der Waals surface area contributed by atoms with Crippen LogP contribution in [0.5, 0.6) is 5.75 Å². The second-order valence-corrected chi connectivity index (χ2v) is 6.97. The zero-order valence-corrected chi connectivity index (χ0v) is 14.1. The summed E-state index contributed by atoms with van der Waals surface area (Å²) >= 11 is 3.54. The topological polar surface area (TPSA) is 32.8 Å². The summed E-state index contributed by atoms with van der Waals surface area (Å²) in [4.78, 5) is 17.1. The Balaban J connectivity index is 1.79. The number of nitrogens with zero attached hydrogens (tertiary/aromatic N) is 2. The van der Waals surface area contributed by atoms with E-state index in [2.05, 4.69) is 38.8 Å². The van der Waals surface area contributed by atoms with Crippen LogP contribution < -0.4 is 4.74 Å². The Morgan fingerprint density at radius 3 is 3.00 bits per heavy atom. The van der Waals surface area contributed by atoms with Gasteiger partial charge in [-0.05, 0) is 31.8 Å². The van der Waals surface area contributed by atoms with Crippen molar-refractivity contribution in [1.29, 1.82) is 0 Å². The second-order valence-electron chi connectivity index (χ2n) is 6.05. The third kappa shape index (κ3) is 3.15. The van der Waals surface area contributed by atoms with Crippen molar-refractivity contribution >= 4 is 21.7 Å². The predicted molar refractivity (Wildman–Crippen MR) is 86.0 cm³/mol. The molecule has 2 heterocycles. The van der Waals surface area contributed by atoms with Crippen molar-refractivity contribution in [2.24, 2.45) is 0 Å². The maximum Gasteiger partial charge on any atom is 0.155 e. The molecule has 0 spiro atoms. The minimum Gasteiger partial charge on any atom is -0.493 e. The van der Waals surface area contributed by atoms with Gasteiger partial charge in [0.15, 0.2) is 5.78 Å². The van der Waals surface area contributed by atoms with Crippen LogP contribution >= 0.6 is 15.9 Å². The standard InChI is InChI=1S/C16H21BrN2O2/c1-18-4-5-19(2)14(10-18)15(20)9-12-8-13(17)7-11-3-6-21-16(11)12/h7-8,14H,3-6,9-10H2,1-2H3. The Kier molecular flexibility index (Phi) is 4.33. The van der Waals surface area contributed by atoms with Gasteiger partial charge < -0.3 is 9.64 Å². The Labute approximate surface area is 134 Å². The molecular formula is C16H21BrN2O2. The average molecular weight is 353 g/mol. The number of carbonyl (C=O) groups excluding carboxylic acids is 1. The van der Waals surface area contributed by atoms with E-state index in [0.717, 1.165) is 48.4 Å². The quantitative estimate of drug-likeness (QED) is 0.829. The molecule has 1 aromatic rings.